The van der Waals surface area contributed by atoms with Gasteiger partial charge in [-0.3, -0.25) is 40.9 Å². The van der Waals surface area contributed by atoms with E-state index in [9.17, 15) is 19.2 Å². The summed E-state index contributed by atoms with van der Waals surface area (Å²) in [5.41, 5.74) is 13.3. The first-order chi connectivity index (χ1) is 20.5. The van der Waals surface area contributed by atoms with Crippen molar-refractivity contribution < 1.29 is 19.2 Å². The van der Waals surface area contributed by atoms with Crippen molar-refractivity contribution in [2.75, 3.05) is 0 Å². The molecule has 4 amide bonds. The largest absolute Gasteiger partial charge is 0.273 e. The maximum Gasteiger partial charge on any atom is 0.250 e. The number of rotatable bonds is 11. The van der Waals surface area contributed by atoms with Gasteiger partial charge in [-0.15, -0.1) is 0 Å². The highest BCUT2D eigenvalue weighted by Gasteiger charge is 2.24. The van der Waals surface area contributed by atoms with Gasteiger partial charge in [-0.25, -0.2) is 0 Å². The highest BCUT2D eigenvalue weighted by atomic mass is 16.2. The average molecular weight is 563 g/mol. The first kappa shape index (κ1) is 29.7. The molecule has 0 aliphatic heterocycles. The van der Waals surface area contributed by atoms with Gasteiger partial charge in [0, 0.05) is 12.8 Å². The van der Waals surface area contributed by atoms with Crippen LogP contribution in [-0.2, 0) is 19.2 Å². The summed E-state index contributed by atoms with van der Waals surface area (Å²) in [7, 11) is 0. The second-order valence-corrected chi connectivity index (χ2v) is 9.79. The van der Waals surface area contributed by atoms with Crippen LogP contribution in [0.15, 0.2) is 121 Å². The van der Waals surface area contributed by atoms with Crippen LogP contribution in [0, 0.1) is 0 Å². The van der Waals surface area contributed by atoms with Crippen molar-refractivity contribution >= 4 is 23.6 Å². The maximum absolute atomic E-state index is 13.0. The van der Waals surface area contributed by atoms with Gasteiger partial charge in [0.1, 0.15) is 0 Å². The average Bonchev–Trinajstić information content (AvgIpc) is 3.03. The highest BCUT2D eigenvalue weighted by Crippen LogP contribution is 2.25. The van der Waals surface area contributed by atoms with Crippen LogP contribution < -0.4 is 21.7 Å². The molecule has 0 spiro atoms. The van der Waals surface area contributed by atoms with Crippen molar-refractivity contribution in [3.05, 3.63) is 144 Å². The SMILES string of the molecule is O=C(CCCCC(=O)NNC(=O)C(c1ccccc1)c1ccccc1)NNC(=O)C(c1ccccc1)c1ccccc1. The van der Waals surface area contributed by atoms with E-state index in [2.05, 4.69) is 21.7 Å². The van der Waals surface area contributed by atoms with E-state index in [0.29, 0.717) is 12.8 Å². The van der Waals surface area contributed by atoms with E-state index in [-0.39, 0.29) is 36.5 Å². The third kappa shape index (κ3) is 8.63. The molecular weight excluding hydrogens is 528 g/mol. The zero-order valence-electron chi connectivity index (χ0n) is 23.2. The molecule has 0 atom stereocenters. The van der Waals surface area contributed by atoms with E-state index in [1.807, 2.05) is 121 Å². The van der Waals surface area contributed by atoms with E-state index in [1.165, 1.54) is 0 Å². The van der Waals surface area contributed by atoms with Crippen molar-refractivity contribution in [2.24, 2.45) is 0 Å². The number of amides is 4. The molecule has 4 aromatic carbocycles. The summed E-state index contributed by atoms with van der Waals surface area (Å²) in [4.78, 5) is 50.7. The first-order valence-electron chi connectivity index (χ1n) is 13.9. The number of hydrogen-bond donors (Lipinski definition) is 4. The fourth-order valence-corrected chi connectivity index (χ4v) is 4.68. The number of hydrazine groups is 2. The van der Waals surface area contributed by atoms with Crippen LogP contribution in [0.5, 0.6) is 0 Å². The van der Waals surface area contributed by atoms with Crippen LogP contribution >= 0.6 is 0 Å². The number of unbranched alkanes of at least 4 members (excludes halogenated alkanes) is 1. The van der Waals surface area contributed by atoms with Gasteiger partial charge in [-0.1, -0.05) is 121 Å². The van der Waals surface area contributed by atoms with Crippen molar-refractivity contribution in [1.82, 2.24) is 21.7 Å². The Balaban J connectivity index is 1.19. The molecule has 4 aromatic rings. The van der Waals surface area contributed by atoms with Gasteiger partial charge in [-0.05, 0) is 35.1 Å². The molecule has 0 fully saturated rings. The van der Waals surface area contributed by atoms with Crippen molar-refractivity contribution in [1.29, 1.82) is 0 Å². The van der Waals surface area contributed by atoms with Gasteiger partial charge in [0.05, 0.1) is 11.8 Å². The van der Waals surface area contributed by atoms with Crippen molar-refractivity contribution in [2.45, 2.75) is 37.5 Å². The van der Waals surface area contributed by atoms with Crippen LogP contribution in [-0.4, -0.2) is 23.6 Å². The standard InChI is InChI=1S/C34H34N4O4/c39-29(35-37-33(41)31(25-15-5-1-6-16-25)26-17-7-2-8-18-26)23-13-14-24-30(40)36-38-34(42)32(27-19-9-3-10-20-27)28-21-11-4-12-22-28/h1-12,15-22,31-32H,13-14,23-24H2,(H,35,39)(H,36,40)(H,37,41)(H,38,42). The first-order valence-corrected chi connectivity index (χ1v) is 13.9. The third-order valence-electron chi connectivity index (χ3n) is 6.76. The molecule has 0 aliphatic rings. The van der Waals surface area contributed by atoms with Crippen LogP contribution in [0.4, 0.5) is 0 Å². The molecule has 0 heterocycles. The molecule has 4 N–H and O–H groups in total. The topological polar surface area (TPSA) is 116 Å². The lowest BCUT2D eigenvalue weighted by molar-refractivity contribution is -0.129. The summed E-state index contributed by atoms with van der Waals surface area (Å²) in [5, 5.41) is 0. The minimum atomic E-state index is -0.574. The molecule has 4 rings (SSSR count). The predicted octanol–water partition coefficient (Wildman–Crippen LogP) is 4.51. The van der Waals surface area contributed by atoms with Gasteiger partial charge in [-0.2, -0.15) is 0 Å². The highest BCUT2D eigenvalue weighted by molar-refractivity contribution is 5.90. The van der Waals surface area contributed by atoms with Crippen LogP contribution in [0.25, 0.3) is 0 Å². The Morgan fingerprint density at radius 2 is 0.667 bits per heavy atom. The summed E-state index contributed by atoms with van der Waals surface area (Å²) in [6, 6.07) is 37.4. The molecule has 0 aliphatic carbocycles. The van der Waals surface area contributed by atoms with E-state index < -0.39 is 11.8 Å². The predicted molar refractivity (Wildman–Crippen MR) is 160 cm³/mol. The third-order valence-corrected chi connectivity index (χ3v) is 6.76. The minimum absolute atomic E-state index is 0.130. The van der Waals surface area contributed by atoms with Gasteiger partial charge in [0.2, 0.25) is 23.6 Å². The smallest absolute Gasteiger partial charge is 0.250 e. The molecule has 8 nitrogen and oxygen atoms in total. The minimum Gasteiger partial charge on any atom is -0.273 e. The molecular formula is C34H34N4O4. The number of nitrogens with one attached hydrogen (secondary N) is 4. The van der Waals surface area contributed by atoms with E-state index in [4.69, 9.17) is 0 Å². The lowest BCUT2D eigenvalue weighted by Gasteiger charge is -2.18. The second kappa shape index (κ2) is 15.5. The Morgan fingerprint density at radius 3 is 0.929 bits per heavy atom. The summed E-state index contributed by atoms with van der Waals surface area (Å²) in [5.74, 6) is -2.55. The summed E-state index contributed by atoms with van der Waals surface area (Å²) in [6.07, 6.45) is 1.12. The Bertz CT molecular complexity index is 1260. The number of carbonyl (C=O) groups excluding carboxylic acids is 4. The molecule has 42 heavy (non-hydrogen) atoms. The van der Waals surface area contributed by atoms with Crippen LogP contribution in [0.3, 0.4) is 0 Å². The van der Waals surface area contributed by atoms with Gasteiger partial charge < -0.3 is 0 Å². The van der Waals surface area contributed by atoms with Crippen molar-refractivity contribution in [3.8, 4) is 0 Å². The maximum atomic E-state index is 13.0. The molecule has 214 valence electrons. The monoisotopic (exact) mass is 562 g/mol. The summed E-state index contributed by atoms with van der Waals surface area (Å²) in [6.45, 7) is 0. The molecule has 0 aromatic heterocycles. The van der Waals surface area contributed by atoms with Gasteiger partial charge in [0.15, 0.2) is 0 Å². The Morgan fingerprint density at radius 1 is 0.405 bits per heavy atom. The fraction of sp³-hybridized carbons (Fsp3) is 0.176. The number of hydrogen-bond acceptors (Lipinski definition) is 4. The Hall–Kier alpha value is -5.24. The molecule has 0 radical (unpaired) electrons. The quantitative estimate of drug-likeness (QED) is 0.159. The number of carbonyl (C=O) groups is 4. The van der Waals surface area contributed by atoms with Crippen LogP contribution in [0.1, 0.15) is 59.8 Å². The lowest BCUT2D eigenvalue weighted by atomic mass is 9.91. The second-order valence-electron chi connectivity index (χ2n) is 9.79. The van der Waals surface area contributed by atoms with E-state index in [1.54, 1.807) is 0 Å². The normalized spacial score (nSPS) is 10.6. The fourth-order valence-electron chi connectivity index (χ4n) is 4.68. The molecule has 8 heteroatoms. The molecule has 0 unspecified atom stereocenters. The van der Waals surface area contributed by atoms with Gasteiger partial charge >= 0.3 is 0 Å². The zero-order valence-corrected chi connectivity index (χ0v) is 23.2. The Kier molecular flexibility index (Phi) is 11.0. The number of benzene rings is 4. The lowest BCUT2D eigenvalue weighted by Crippen LogP contribution is -2.44. The van der Waals surface area contributed by atoms with Crippen LogP contribution in [0.2, 0.25) is 0 Å². The summed E-state index contributed by atoms with van der Waals surface area (Å²) >= 11 is 0. The van der Waals surface area contributed by atoms with E-state index in [0.717, 1.165) is 22.3 Å². The van der Waals surface area contributed by atoms with Crippen molar-refractivity contribution in [3.63, 3.8) is 0 Å². The van der Waals surface area contributed by atoms with E-state index >= 15 is 0 Å². The molecule has 0 saturated carbocycles. The molecule has 0 saturated heterocycles. The summed E-state index contributed by atoms with van der Waals surface area (Å²) < 4.78 is 0. The zero-order chi connectivity index (χ0) is 29.6. The van der Waals surface area contributed by atoms with Gasteiger partial charge in [0.25, 0.3) is 0 Å². The molecule has 0 bridgehead atoms. The Labute approximate surface area is 245 Å².